The molecule has 4 amide bonds. The number of methoxy groups -OCH3 is 2. The zero-order valence-corrected chi connectivity index (χ0v) is 36.7. The van der Waals surface area contributed by atoms with Gasteiger partial charge in [-0.2, -0.15) is 0 Å². The number of ether oxygens (including phenoxy) is 3. The monoisotopic (exact) mass is 854 g/mol. The van der Waals surface area contributed by atoms with Crippen LogP contribution in [0.4, 0.5) is 9.59 Å². The molecule has 63 heavy (non-hydrogen) atoms. The molecule has 2 aliphatic heterocycles. The number of aromatic nitrogens is 4. The van der Waals surface area contributed by atoms with Gasteiger partial charge in [0, 0.05) is 23.5 Å². The van der Waals surface area contributed by atoms with Crippen LogP contribution in [0.25, 0.3) is 44.2 Å². The third-order valence-electron chi connectivity index (χ3n) is 12.4. The van der Waals surface area contributed by atoms with Gasteiger partial charge >= 0.3 is 12.2 Å². The largest absolute Gasteiger partial charge is 0.488 e. The van der Waals surface area contributed by atoms with Crippen molar-refractivity contribution in [2.75, 3.05) is 20.8 Å². The van der Waals surface area contributed by atoms with Gasteiger partial charge in [0.2, 0.25) is 5.91 Å². The van der Waals surface area contributed by atoms with E-state index in [2.05, 4.69) is 57.9 Å². The number of fused-ring (bicyclic) bond motifs is 6. The van der Waals surface area contributed by atoms with Gasteiger partial charge in [-0.1, -0.05) is 76.2 Å². The average molecular weight is 855 g/mol. The third kappa shape index (κ3) is 8.51. The second-order valence-electron chi connectivity index (χ2n) is 17.0. The zero-order chi connectivity index (χ0) is 44.5. The molecule has 4 heterocycles. The van der Waals surface area contributed by atoms with Gasteiger partial charge in [0.25, 0.3) is 5.91 Å². The number of likely N-dealkylation sites (tertiary alicyclic amines) is 1. The van der Waals surface area contributed by atoms with E-state index in [4.69, 9.17) is 24.2 Å². The van der Waals surface area contributed by atoms with Gasteiger partial charge in [0.1, 0.15) is 36.1 Å². The van der Waals surface area contributed by atoms with Gasteiger partial charge in [-0.05, 0) is 83.5 Å². The minimum Gasteiger partial charge on any atom is -0.488 e. The van der Waals surface area contributed by atoms with Crippen LogP contribution in [0.3, 0.4) is 0 Å². The highest BCUT2D eigenvalue weighted by molar-refractivity contribution is 6.07. The van der Waals surface area contributed by atoms with Gasteiger partial charge < -0.3 is 44.6 Å². The van der Waals surface area contributed by atoms with Crippen molar-refractivity contribution in [3.8, 4) is 28.1 Å². The number of imidazole rings is 2. The lowest BCUT2D eigenvalue weighted by atomic mass is 9.92. The molecule has 0 radical (unpaired) electrons. The number of hydrogen-bond donors (Lipinski definition) is 4. The number of rotatable bonds is 12. The van der Waals surface area contributed by atoms with Gasteiger partial charge in [0.05, 0.1) is 49.7 Å². The molecule has 328 valence electrons. The van der Waals surface area contributed by atoms with Crippen molar-refractivity contribution >= 4 is 45.8 Å². The average Bonchev–Trinajstić information content (AvgIpc) is 4.06. The van der Waals surface area contributed by atoms with Crippen LogP contribution < -0.4 is 15.4 Å². The fraction of sp³-hybridized carbons (Fsp3) is 0.375. The van der Waals surface area contributed by atoms with Crippen LogP contribution >= 0.6 is 0 Å². The van der Waals surface area contributed by atoms with E-state index in [1.54, 1.807) is 16.0 Å². The Bertz CT molecular complexity index is 2680. The fourth-order valence-electron chi connectivity index (χ4n) is 8.77. The number of nitrogens with zero attached hydrogens (tertiary/aromatic N) is 4. The van der Waals surface area contributed by atoms with E-state index < -0.39 is 24.3 Å². The molecule has 1 saturated heterocycles. The first-order valence-corrected chi connectivity index (χ1v) is 21.5. The van der Waals surface area contributed by atoms with Crippen LogP contribution in [0.2, 0.25) is 0 Å². The van der Waals surface area contributed by atoms with E-state index in [1.807, 2.05) is 70.2 Å². The van der Waals surface area contributed by atoms with E-state index >= 15 is 0 Å². The van der Waals surface area contributed by atoms with Crippen LogP contribution in [0.1, 0.15) is 82.3 Å². The van der Waals surface area contributed by atoms with Crippen LogP contribution in [-0.4, -0.2) is 86.6 Å². The predicted molar refractivity (Wildman–Crippen MR) is 238 cm³/mol. The van der Waals surface area contributed by atoms with Crippen LogP contribution in [0.5, 0.6) is 5.75 Å². The second-order valence-corrected chi connectivity index (χ2v) is 17.0. The molecule has 8 rings (SSSR count). The molecule has 1 fully saturated rings. The lowest BCUT2D eigenvalue weighted by Crippen LogP contribution is -2.53. The Morgan fingerprint density at radius 1 is 0.937 bits per heavy atom. The second kappa shape index (κ2) is 17.8. The van der Waals surface area contributed by atoms with E-state index in [0.717, 1.165) is 68.3 Å². The van der Waals surface area contributed by atoms with Crippen LogP contribution in [0, 0.1) is 11.8 Å². The summed E-state index contributed by atoms with van der Waals surface area (Å²) in [5.74, 6) is 1.72. The van der Waals surface area contributed by atoms with E-state index in [0.29, 0.717) is 30.4 Å². The molecule has 4 aromatic carbocycles. The minimum atomic E-state index is -0.908. The Balaban J connectivity index is 1.04. The molecule has 6 aromatic rings. The molecule has 4 N–H and O–H groups in total. The van der Waals surface area contributed by atoms with Crippen molar-refractivity contribution < 1.29 is 33.4 Å². The summed E-state index contributed by atoms with van der Waals surface area (Å²) in [6.45, 7) is 11.0. The maximum absolute atomic E-state index is 14.1. The lowest BCUT2D eigenvalue weighted by molar-refractivity contribution is -0.137. The van der Waals surface area contributed by atoms with Crippen molar-refractivity contribution in [2.45, 2.75) is 84.8 Å². The first kappa shape index (κ1) is 42.8. The highest BCUT2D eigenvalue weighted by Gasteiger charge is 2.40. The third-order valence-corrected chi connectivity index (χ3v) is 12.4. The van der Waals surface area contributed by atoms with E-state index in [9.17, 15) is 19.2 Å². The molecule has 2 unspecified atom stereocenters. The highest BCUT2D eigenvalue weighted by atomic mass is 16.5. The summed E-state index contributed by atoms with van der Waals surface area (Å²) in [6.07, 6.45) is 1.92. The topological polar surface area (TPSA) is 184 Å². The Kier molecular flexibility index (Phi) is 12.1. The Morgan fingerprint density at radius 3 is 2.43 bits per heavy atom. The standard InChI is InChI=1S/C48H54N8O7/c1-8-28(5)55(45(57)41(26(2)3)53-47(59)61-6)24-40-50-36-17-15-30-20-35-33-16-14-31(19-32(33)25-63-39(35)21-34(30)43(36)52-40)37-22-49-44(51-37)38-18-27(4)23-56(38)46(58)42(54-48(60)62-7)29-12-10-9-11-13-29/h9-17,19-22,26-28,38,41-42H,8,18,23-25H2,1-7H3,(H,49,51)(H,50,52)(H,53,59)(H,54,60)/t27-,28-,38?,41-,42?/m0/s1. The van der Waals surface area contributed by atoms with Crippen molar-refractivity contribution in [3.05, 3.63) is 102 Å². The van der Waals surface area contributed by atoms with E-state index in [-0.39, 0.29) is 42.3 Å². The summed E-state index contributed by atoms with van der Waals surface area (Å²) in [5, 5.41) is 7.37. The summed E-state index contributed by atoms with van der Waals surface area (Å²) >= 11 is 0. The van der Waals surface area contributed by atoms with Crippen molar-refractivity contribution in [2.24, 2.45) is 11.8 Å². The predicted octanol–water partition coefficient (Wildman–Crippen LogP) is 8.18. The van der Waals surface area contributed by atoms with Crippen LogP contribution in [-0.2, 0) is 32.2 Å². The Labute approximate surface area is 365 Å². The zero-order valence-electron chi connectivity index (χ0n) is 36.7. The molecule has 0 saturated carbocycles. The number of hydrogen-bond acceptors (Lipinski definition) is 9. The van der Waals surface area contributed by atoms with Crippen molar-refractivity contribution in [1.82, 2.24) is 40.4 Å². The summed E-state index contributed by atoms with van der Waals surface area (Å²) in [7, 11) is 2.57. The fourth-order valence-corrected chi connectivity index (χ4v) is 8.77. The quantitative estimate of drug-likeness (QED) is 0.0943. The SMILES string of the molecule is CC[C@H](C)N(Cc1nc2c(ccc3cc4c(cc32)OCc2cc(-c3cnc(C5C[C@H](C)CN5C(=O)C(NC(=O)OC)c5ccccc5)[nH]3)ccc2-4)[nH]1)C(=O)[C@@H](NC(=O)OC)C(C)C. The van der Waals surface area contributed by atoms with Gasteiger partial charge in [-0.15, -0.1) is 0 Å². The molecule has 0 bridgehead atoms. The van der Waals surface area contributed by atoms with Gasteiger partial charge in [-0.25, -0.2) is 19.6 Å². The number of nitrogens with one attached hydrogen (secondary N) is 4. The number of amides is 4. The molecule has 0 spiro atoms. The summed E-state index contributed by atoms with van der Waals surface area (Å²) in [6, 6.07) is 21.6. The lowest BCUT2D eigenvalue weighted by Gasteiger charge is -2.33. The smallest absolute Gasteiger partial charge is 0.407 e. The number of benzene rings is 4. The first-order chi connectivity index (χ1) is 30.4. The maximum atomic E-state index is 14.1. The molecule has 2 aromatic heterocycles. The number of H-pyrrole nitrogens is 2. The number of aromatic amines is 2. The van der Waals surface area contributed by atoms with Crippen molar-refractivity contribution in [1.29, 1.82) is 0 Å². The van der Waals surface area contributed by atoms with Crippen molar-refractivity contribution in [3.63, 3.8) is 0 Å². The maximum Gasteiger partial charge on any atom is 0.407 e. The Hall–Kier alpha value is -6.90. The van der Waals surface area contributed by atoms with Gasteiger partial charge in [-0.3, -0.25) is 9.59 Å². The molecule has 0 aliphatic carbocycles. The first-order valence-electron chi connectivity index (χ1n) is 21.5. The van der Waals surface area contributed by atoms with E-state index in [1.165, 1.54) is 14.2 Å². The molecule has 5 atom stereocenters. The highest BCUT2D eigenvalue weighted by Crippen LogP contribution is 2.43. The number of alkyl carbamates (subject to hydrolysis) is 2. The summed E-state index contributed by atoms with van der Waals surface area (Å²) in [5.41, 5.74) is 7.13. The number of carbonyl (C=O) groups is 4. The molecule has 15 heteroatoms. The number of carbonyl (C=O) groups excluding carboxylic acids is 4. The molecular formula is C48H54N8O7. The normalized spacial score (nSPS) is 17.0. The van der Waals surface area contributed by atoms with Crippen LogP contribution in [0.15, 0.2) is 79.0 Å². The molecular weight excluding hydrogens is 801 g/mol. The minimum absolute atomic E-state index is 0.104. The summed E-state index contributed by atoms with van der Waals surface area (Å²) in [4.78, 5) is 72.8. The molecule has 15 nitrogen and oxygen atoms in total. The Morgan fingerprint density at radius 2 is 1.70 bits per heavy atom. The molecule has 2 aliphatic rings. The van der Waals surface area contributed by atoms with Gasteiger partial charge in [0.15, 0.2) is 0 Å². The summed E-state index contributed by atoms with van der Waals surface area (Å²) < 4.78 is 16.1.